The average molecular weight is 365 g/mol. The Balaban J connectivity index is 1.93. The number of nitrogens with one attached hydrogen (secondary N) is 2. The molecule has 1 atom stereocenters. The summed E-state index contributed by atoms with van der Waals surface area (Å²) < 4.78 is 5.21. The molecule has 2 amide bonds. The monoisotopic (exact) mass is 365 g/mol. The molecule has 0 fully saturated rings. The number of likely N-dealkylation sites (N-methyl/N-ethyl adjacent to an activating group) is 1. The van der Waals surface area contributed by atoms with Crippen molar-refractivity contribution < 1.29 is 14.3 Å². The highest BCUT2D eigenvalue weighted by Crippen LogP contribution is 2.20. The molecule has 6 heteroatoms. The Hall–Kier alpha value is -3.33. The lowest BCUT2D eigenvalue weighted by Crippen LogP contribution is -2.48. The minimum absolute atomic E-state index is 0.0517. The minimum atomic E-state index is -0.638. The molecular formula is C21H23N3O3. The molecule has 2 rings (SSSR count). The van der Waals surface area contributed by atoms with E-state index in [2.05, 4.69) is 16.7 Å². The second-order valence-corrected chi connectivity index (χ2v) is 6.44. The molecule has 0 aliphatic heterocycles. The number of nitriles is 1. The van der Waals surface area contributed by atoms with Gasteiger partial charge in [0.1, 0.15) is 12.6 Å². The van der Waals surface area contributed by atoms with Gasteiger partial charge in [-0.2, -0.15) is 5.26 Å². The topological polar surface area (TPSA) is 91.2 Å². The zero-order valence-electron chi connectivity index (χ0n) is 15.7. The van der Waals surface area contributed by atoms with Gasteiger partial charge in [-0.05, 0) is 34.7 Å². The molecule has 0 aliphatic rings. The first-order valence-electron chi connectivity index (χ1n) is 8.69. The summed E-state index contributed by atoms with van der Waals surface area (Å²) in [4.78, 5) is 23.7. The van der Waals surface area contributed by atoms with Crippen LogP contribution in [0.1, 0.15) is 25.0 Å². The minimum Gasteiger partial charge on any atom is -0.445 e. The van der Waals surface area contributed by atoms with Gasteiger partial charge in [0.25, 0.3) is 0 Å². The van der Waals surface area contributed by atoms with Gasteiger partial charge in [0.2, 0.25) is 5.91 Å². The van der Waals surface area contributed by atoms with Crippen molar-refractivity contribution >= 4 is 12.0 Å². The molecule has 2 N–H and O–H groups in total. The van der Waals surface area contributed by atoms with Crippen LogP contribution in [-0.4, -0.2) is 25.1 Å². The quantitative estimate of drug-likeness (QED) is 0.822. The molecule has 0 saturated heterocycles. The van der Waals surface area contributed by atoms with Crippen LogP contribution in [0.4, 0.5) is 4.79 Å². The Morgan fingerprint density at radius 1 is 1.04 bits per heavy atom. The molecule has 0 aromatic heterocycles. The molecule has 0 aliphatic carbocycles. The lowest BCUT2D eigenvalue weighted by molar-refractivity contribution is -0.123. The molecule has 140 valence electrons. The summed E-state index contributed by atoms with van der Waals surface area (Å²) in [6.45, 7) is 3.81. The maximum Gasteiger partial charge on any atom is 0.408 e. The van der Waals surface area contributed by atoms with Crippen LogP contribution in [0, 0.1) is 17.2 Å². The van der Waals surface area contributed by atoms with Crippen molar-refractivity contribution in [2.24, 2.45) is 5.92 Å². The first kappa shape index (κ1) is 20.0. The third-order valence-corrected chi connectivity index (χ3v) is 4.14. The number of hydrogen-bond donors (Lipinski definition) is 2. The average Bonchev–Trinajstić information content (AvgIpc) is 2.70. The fourth-order valence-corrected chi connectivity index (χ4v) is 2.54. The summed E-state index contributed by atoms with van der Waals surface area (Å²) in [5.41, 5.74) is 3.46. The molecular weight excluding hydrogens is 342 g/mol. The zero-order valence-corrected chi connectivity index (χ0v) is 15.7. The van der Waals surface area contributed by atoms with Crippen molar-refractivity contribution in [1.29, 1.82) is 5.26 Å². The number of amides is 2. The van der Waals surface area contributed by atoms with Gasteiger partial charge >= 0.3 is 6.09 Å². The van der Waals surface area contributed by atoms with Crippen LogP contribution in [-0.2, 0) is 16.1 Å². The van der Waals surface area contributed by atoms with Gasteiger partial charge in [-0.3, -0.25) is 4.79 Å². The number of ether oxygens (including phenoxy) is 1. The van der Waals surface area contributed by atoms with Crippen LogP contribution in [0.3, 0.4) is 0 Å². The third-order valence-electron chi connectivity index (χ3n) is 4.14. The second kappa shape index (κ2) is 9.39. The predicted molar refractivity (Wildman–Crippen MR) is 103 cm³/mol. The van der Waals surface area contributed by atoms with E-state index in [-0.39, 0.29) is 18.4 Å². The van der Waals surface area contributed by atoms with Crippen LogP contribution in [0.15, 0.2) is 48.5 Å². The van der Waals surface area contributed by atoms with Gasteiger partial charge in [0.05, 0.1) is 11.6 Å². The fourth-order valence-electron chi connectivity index (χ4n) is 2.54. The van der Waals surface area contributed by atoms with Crippen LogP contribution in [0.2, 0.25) is 0 Å². The Morgan fingerprint density at radius 3 is 2.07 bits per heavy atom. The number of carbonyl (C=O) groups excluding carboxylic acids is 2. The van der Waals surface area contributed by atoms with Crippen LogP contribution < -0.4 is 10.6 Å². The SMILES string of the molecule is CNC(=O)C(NC(=O)OCc1ccc(-c2ccc(C#N)cc2)cc1)C(C)C. The maximum absolute atomic E-state index is 12.0. The molecule has 0 bridgehead atoms. The predicted octanol–water partition coefficient (Wildman–Crippen LogP) is 3.22. The van der Waals surface area contributed by atoms with Crippen molar-refractivity contribution in [1.82, 2.24) is 10.6 Å². The van der Waals surface area contributed by atoms with Gasteiger partial charge < -0.3 is 15.4 Å². The first-order valence-corrected chi connectivity index (χ1v) is 8.69. The van der Waals surface area contributed by atoms with E-state index in [0.29, 0.717) is 5.56 Å². The Bertz CT molecular complexity index is 821. The number of rotatable bonds is 6. The lowest BCUT2D eigenvalue weighted by Gasteiger charge is -2.20. The molecule has 1 unspecified atom stereocenters. The highest BCUT2D eigenvalue weighted by atomic mass is 16.5. The molecule has 2 aromatic carbocycles. The summed E-state index contributed by atoms with van der Waals surface area (Å²) in [6, 6.07) is 16.4. The lowest BCUT2D eigenvalue weighted by atomic mass is 10.0. The van der Waals surface area contributed by atoms with E-state index in [1.807, 2.05) is 50.2 Å². The van der Waals surface area contributed by atoms with E-state index in [1.54, 1.807) is 12.1 Å². The van der Waals surface area contributed by atoms with Gasteiger partial charge in [0.15, 0.2) is 0 Å². The highest BCUT2D eigenvalue weighted by molar-refractivity contribution is 5.85. The number of carbonyl (C=O) groups is 2. The van der Waals surface area contributed by atoms with E-state index in [4.69, 9.17) is 10.00 Å². The van der Waals surface area contributed by atoms with Gasteiger partial charge in [-0.1, -0.05) is 50.2 Å². The Morgan fingerprint density at radius 2 is 1.59 bits per heavy atom. The third kappa shape index (κ3) is 5.58. The van der Waals surface area contributed by atoms with Gasteiger partial charge in [0, 0.05) is 7.05 Å². The van der Waals surface area contributed by atoms with Gasteiger partial charge in [-0.25, -0.2) is 4.79 Å². The van der Waals surface area contributed by atoms with Crippen LogP contribution in [0.5, 0.6) is 0 Å². The fraction of sp³-hybridized carbons (Fsp3) is 0.286. The standard InChI is InChI=1S/C21H23N3O3/c1-14(2)19(20(25)23-3)24-21(26)27-13-16-6-10-18(11-7-16)17-8-4-15(12-22)5-9-17/h4-11,14,19H,13H2,1-3H3,(H,23,25)(H,24,26). The molecule has 0 spiro atoms. The smallest absolute Gasteiger partial charge is 0.408 e. The summed E-state index contributed by atoms with van der Waals surface area (Å²) in [6.07, 6.45) is -0.631. The van der Waals surface area contributed by atoms with E-state index < -0.39 is 12.1 Å². The second-order valence-electron chi connectivity index (χ2n) is 6.44. The Labute approximate surface area is 159 Å². The molecule has 0 radical (unpaired) electrons. The summed E-state index contributed by atoms with van der Waals surface area (Å²) in [7, 11) is 1.53. The maximum atomic E-state index is 12.0. The van der Waals surface area contributed by atoms with E-state index in [0.717, 1.165) is 16.7 Å². The molecule has 2 aromatic rings. The van der Waals surface area contributed by atoms with Crippen molar-refractivity contribution in [3.8, 4) is 17.2 Å². The molecule has 27 heavy (non-hydrogen) atoms. The number of hydrogen-bond acceptors (Lipinski definition) is 4. The van der Waals surface area contributed by atoms with Crippen LogP contribution >= 0.6 is 0 Å². The van der Waals surface area contributed by atoms with Crippen molar-refractivity contribution in [2.45, 2.75) is 26.5 Å². The molecule has 0 saturated carbocycles. The van der Waals surface area contributed by atoms with E-state index in [1.165, 1.54) is 7.05 Å². The van der Waals surface area contributed by atoms with Crippen LogP contribution in [0.25, 0.3) is 11.1 Å². The highest BCUT2D eigenvalue weighted by Gasteiger charge is 2.23. The summed E-state index contributed by atoms with van der Waals surface area (Å²) in [5.74, 6) is -0.307. The van der Waals surface area contributed by atoms with E-state index >= 15 is 0 Å². The zero-order chi connectivity index (χ0) is 19.8. The van der Waals surface area contributed by atoms with E-state index in [9.17, 15) is 9.59 Å². The van der Waals surface area contributed by atoms with Crippen molar-refractivity contribution in [3.63, 3.8) is 0 Å². The summed E-state index contributed by atoms with van der Waals surface area (Å²) in [5, 5.41) is 14.0. The number of benzene rings is 2. The molecule has 0 heterocycles. The van der Waals surface area contributed by atoms with Crippen molar-refractivity contribution in [3.05, 3.63) is 59.7 Å². The number of alkyl carbamates (subject to hydrolysis) is 1. The van der Waals surface area contributed by atoms with Crippen molar-refractivity contribution in [2.75, 3.05) is 7.05 Å². The summed E-state index contributed by atoms with van der Waals surface area (Å²) >= 11 is 0. The number of nitrogens with zero attached hydrogens (tertiary/aromatic N) is 1. The normalized spacial score (nSPS) is 11.4. The Kier molecular flexibility index (Phi) is 6.95. The molecule has 6 nitrogen and oxygen atoms in total. The first-order chi connectivity index (χ1) is 12.9. The van der Waals surface area contributed by atoms with Gasteiger partial charge in [-0.15, -0.1) is 0 Å². The largest absolute Gasteiger partial charge is 0.445 e.